The van der Waals surface area contributed by atoms with E-state index in [1.54, 1.807) is 0 Å². The van der Waals surface area contributed by atoms with Crippen LogP contribution in [0.15, 0.2) is 12.0 Å². The van der Waals surface area contributed by atoms with E-state index in [4.69, 9.17) is 9.84 Å². The van der Waals surface area contributed by atoms with E-state index in [-0.39, 0.29) is 0 Å². The lowest BCUT2D eigenvalue weighted by molar-refractivity contribution is -0.137. The number of unbranched alkanes of at least 4 members (excludes halogenated alkanes) is 12. The van der Waals surface area contributed by atoms with Crippen LogP contribution in [0.25, 0.3) is 0 Å². The molecule has 0 amide bonds. The van der Waals surface area contributed by atoms with Gasteiger partial charge in [0.05, 0.1) is 0 Å². The van der Waals surface area contributed by atoms with Gasteiger partial charge < -0.3 is 9.84 Å². The number of carboxylic acids is 1. The van der Waals surface area contributed by atoms with Crippen LogP contribution in [0.3, 0.4) is 0 Å². The van der Waals surface area contributed by atoms with E-state index in [1.807, 2.05) is 6.26 Å². The summed E-state index contributed by atoms with van der Waals surface area (Å²) in [6.45, 7) is 0. The summed E-state index contributed by atoms with van der Waals surface area (Å²) in [5, 5.41) is 8.52. The Morgan fingerprint density at radius 3 is 1.52 bits per heavy atom. The third kappa shape index (κ3) is 13.7. The number of hydrogen-bond acceptors (Lipinski definition) is 2. The molecule has 1 heterocycles. The van der Waals surface area contributed by atoms with Gasteiger partial charge >= 0.3 is 5.97 Å². The Labute approximate surface area is 129 Å². The van der Waals surface area contributed by atoms with Crippen molar-refractivity contribution in [3.8, 4) is 0 Å². The molecule has 21 heavy (non-hydrogen) atoms. The molecular formula is C18H32O3. The molecular weight excluding hydrogens is 264 g/mol. The number of hydrogen-bond donors (Lipinski definition) is 1. The zero-order chi connectivity index (χ0) is 15.2. The Bertz CT molecular complexity index is 283. The van der Waals surface area contributed by atoms with Crippen molar-refractivity contribution in [1.82, 2.24) is 0 Å². The van der Waals surface area contributed by atoms with E-state index < -0.39 is 5.97 Å². The summed E-state index contributed by atoms with van der Waals surface area (Å²) >= 11 is 0. The van der Waals surface area contributed by atoms with Gasteiger partial charge in [0.2, 0.25) is 0 Å². The highest BCUT2D eigenvalue weighted by atomic mass is 16.5. The second-order valence-corrected chi connectivity index (χ2v) is 6.19. The molecule has 1 aliphatic rings. The first-order chi connectivity index (χ1) is 10.3. The van der Waals surface area contributed by atoms with Crippen LogP contribution < -0.4 is 0 Å². The standard InChI is InChI=1S/C18H32O3/c19-18(20)15-13-11-9-7-5-3-1-2-4-6-8-10-12-14-17-16-21-17/h16H,1-15H2,(H,19,20). The van der Waals surface area contributed by atoms with Crippen LogP contribution in [0.5, 0.6) is 0 Å². The number of carboxylic acid groups (broad SMARTS) is 1. The summed E-state index contributed by atoms with van der Waals surface area (Å²) < 4.78 is 5.00. The Balaban J connectivity index is 1.63. The average Bonchev–Trinajstić information content (AvgIpc) is 3.27. The number of allylic oxidation sites excluding steroid dienone is 1. The molecule has 3 nitrogen and oxygen atoms in total. The highest BCUT2D eigenvalue weighted by molar-refractivity contribution is 5.66. The Hall–Kier alpha value is -0.990. The minimum atomic E-state index is -0.659. The normalized spacial score (nSPS) is 12.9. The van der Waals surface area contributed by atoms with Crippen molar-refractivity contribution in [2.75, 3.05) is 0 Å². The third-order valence-corrected chi connectivity index (χ3v) is 4.10. The molecule has 0 bridgehead atoms. The van der Waals surface area contributed by atoms with Crippen molar-refractivity contribution in [3.05, 3.63) is 12.0 Å². The SMILES string of the molecule is O=C(O)CCCCCCCCCCCCCCCC1=CO1. The molecule has 0 atom stereocenters. The molecule has 0 aromatic carbocycles. The maximum Gasteiger partial charge on any atom is 0.303 e. The molecule has 0 fully saturated rings. The van der Waals surface area contributed by atoms with E-state index >= 15 is 0 Å². The molecule has 0 aromatic heterocycles. The summed E-state index contributed by atoms with van der Waals surface area (Å²) in [5.41, 5.74) is 0. The molecule has 0 aromatic rings. The van der Waals surface area contributed by atoms with E-state index in [1.165, 1.54) is 76.4 Å². The zero-order valence-corrected chi connectivity index (χ0v) is 13.4. The predicted octanol–water partition coefficient (Wildman–Crippen LogP) is 5.79. The van der Waals surface area contributed by atoms with Crippen molar-refractivity contribution in [2.45, 2.75) is 96.3 Å². The van der Waals surface area contributed by atoms with Gasteiger partial charge in [-0.05, 0) is 12.8 Å². The van der Waals surface area contributed by atoms with Crippen LogP contribution in [0.2, 0.25) is 0 Å². The second-order valence-electron chi connectivity index (χ2n) is 6.19. The molecule has 0 saturated heterocycles. The topological polar surface area (TPSA) is 49.8 Å². The fraction of sp³-hybridized carbons (Fsp3) is 0.833. The Kier molecular flexibility index (Phi) is 10.9. The van der Waals surface area contributed by atoms with Crippen molar-refractivity contribution in [2.24, 2.45) is 0 Å². The van der Waals surface area contributed by atoms with Crippen molar-refractivity contribution >= 4 is 5.97 Å². The summed E-state index contributed by atoms with van der Waals surface area (Å²) in [5.74, 6) is 0.533. The monoisotopic (exact) mass is 296 g/mol. The first kappa shape index (κ1) is 18.1. The van der Waals surface area contributed by atoms with Crippen LogP contribution in [0.1, 0.15) is 96.3 Å². The van der Waals surface area contributed by atoms with Gasteiger partial charge in [-0.1, -0.05) is 70.6 Å². The molecule has 0 saturated carbocycles. The van der Waals surface area contributed by atoms with Gasteiger partial charge in [-0.15, -0.1) is 0 Å². The summed E-state index contributed by atoms with van der Waals surface area (Å²) in [6, 6.07) is 0. The highest BCUT2D eigenvalue weighted by Crippen LogP contribution is 2.21. The molecule has 122 valence electrons. The molecule has 1 rings (SSSR count). The van der Waals surface area contributed by atoms with Gasteiger partial charge in [0.15, 0.2) is 0 Å². The number of rotatable bonds is 16. The summed E-state index contributed by atoms with van der Waals surface area (Å²) in [7, 11) is 0. The van der Waals surface area contributed by atoms with E-state index in [2.05, 4.69) is 0 Å². The minimum Gasteiger partial charge on any atom is -0.481 e. The molecule has 0 spiro atoms. The molecule has 1 aliphatic heterocycles. The van der Waals surface area contributed by atoms with E-state index in [9.17, 15) is 4.79 Å². The molecule has 1 N–H and O–H groups in total. The fourth-order valence-electron chi connectivity index (χ4n) is 2.68. The first-order valence-electron chi connectivity index (χ1n) is 8.86. The number of ether oxygens (including phenoxy) is 1. The van der Waals surface area contributed by atoms with Crippen LogP contribution in [-0.2, 0) is 9.53 Å². The van der Waals surface area contributed by atoms with Gasteiger partial charge in [0.1, 0.15) is 12.0 Å². The highest BCUT2D eigenvalue weighted by Gasteiger charge is 2.07. The van der Waals surface area contributed by atoms with Gasteiger partial charge in [-0.3, -0.25) is 4.79 Å². The Morgan fingerprint density at radius 2 is 1.14 bits per heavy atom. The average molecular weight is 296 g/mol. The van der Waals surface area contributed by atoms with Crippen LogP contribution >= 0.6 is 0 Å². The summed E-state index contributed by atoms with van der Waals surface area (Å²) in [4.78, 5) is 10.3. The van der Waals surface area contributed by atoms with Gasteiger partial charge in [0, 0.05) is 12.8 Å². The lowest BCUT2D eigenvalue weighted by atomic mass is 10.0. The minimum absolute atomic E-state index is 0.338. The largest absolute Gasteiger partial charge is 0.481 e. The smallest absolute Gasteiger partial charge is 0.303 e. The number of aliphatic carboxylic acids is 1. The van der Waals surface area contributed by atoms with E-state index in [0.29, 0.717) is 6.42 Å². The summed E-state index contributed by atoms with van der Waals surface area (Å²) in [6.07, 6.45) is 19.9. The quantitative estimate of drug-likeness (QED) is 0.366. The van der Waals surface area contributed by atoms with Crippen LogP contribution in [0, 0.1) is 0 Å². The lowest BCUT2D eigenvalue weighted by Crippen LogP contribution is -1.93. The van der Waals surface area contributed by atoms with Gasteiger partial charge in [-0.25, -0.2) is 0 Å². The maximum atomic E-state index is 10.3. The lowest BCUT2D eigenvalue weighted by Gasteiger charge is -2.02. The molecule has 0 radical (unpaired) electrons. The maximum absolute atomic E-state index is 10.3. The van der Waals surface area contributed by atoms with Crippen molar-refractivity contribution in [1.29, 1.82) is 0 Å². The van der Waals surface area contributed by atoms with Crippen molar-refractivity contribution < 1.29 is 14.6 Å². The third-order valence-electron chi connectivity index (χ3n) is 4.10. The van der Waals surface area contributed by atoms with Crippen LogP contribution in [0.4, 0.5) is 0 Å². The predicted molar refractivity (Wildman–Crippen MR) is 86.1 cm³/mol. The fourth-order valence-corrected chi connectivity index (χ4v) is 2.68. The van der Waals surface area contributed by atoms with Gasteiger partial charge in [0.25, 0.3) is 0 Å². The van der Waals surface area contributed by atoms with Gasteiger partial charge in [-0.2, -0.15) is 0 Å². The van der Waals surface area contributed by atoms with E-state index in [0.717, 1.165) is 19.3 Å². The molecule has 0 unspecified atom stereocenters. The second kappa shape index (κ2) is 12.7. The first-order valence-corrected chi connectivity index (χ1v) is 8.86. The molecule has 0 aliphatic carbocycles. The number of carbonyl (C=O) groups is 1. The van der Waals surface area contributed by atoms with Crippen LogP contribution in [-0.4, -0.2) is 11.1 Å². The Morgan fingerprint density at radius 1 is 0.762 bits per heavy atom. The van der Waals surface area contributed by atoms with Crippen molar-refractivity contribution in [3.63, 3.8) is 0 Å². The molecule has 3 heteroatoms. The zero-order valence-electron chi connectivity index (χ0n) is 13.4.